The number of hydrogen-bond donors (Lipinski definition) is 1. The number of aryl methyl sites for hydroxylation is 2. The fraction of sp³-hybridized carbons (Fsp3) is 0.407. The summed E-state index contributed by atoms with van der Waals surface area (Å²) < 4.78 is 1.98. The van der Waals surface area contributed by atoms with Crippen LogP contribution in [-0.4, -0.2) is 36.6 Å². The molecule has 1 unspecified atom stereocenters. The van der Waals surface area contributed by atoms with Gasteiger partial charge in [-0.2, -0.15) is 0 Å². The fourth-order valence-electron chi connectivity index (χ4n) is 5.40. The summed E-state index contributed by atoms with van der Waals surface area (Å²) in [6, 6.07) is 16.6. The molecule has 0 spiro atoms. The largest absolute Gasteiger partial charge is 0.321 e. The highest BCUT2D eigenvalue weighted by Crippen LogP contribution is 2.34. The van der Waals surface area contributed by atoms with Gasteiger partial charge in [-0.05, 0) is 72.3 Å². The molecule has 5 rings (SSSR count). The molecule has 1 aliphatic carbocycles. The maximum atomic E-state index is 13.6. The summed E-state index contributed by atoms with van der Waals surface area (Å²) in [6.45, 7) is 7.70. The van der Waals surface area contributed by atoms with Crippen molar-refractivity contribution in [2.75, 3.05) is 6.54 Å². The van der Waals surface area contributed by atoms with Gasteiger partial charge in [0.2, 0.25) is 0 Å². The third-order valence-corrected chi connectivity index (χ3v) is 7.05. The Morgan fingerprint density at radius 1 is 1.12 bits per heavy atom. The lowest BCUT2D eigenvalue weighted by Crippen LogP contribution is -2.35. The standard InChI is InChI=1S/C27H32N6O/c1-4-32(17-20-10-6-5-7-11-20)25(26-29-30-31-33(26)22-12-8-9-13-22)23-16-21-15-18(2)14-19(3)24(21)28-27(23)34/h5-7,10-11,14-16,22,25H,4,8-9,12-13,17H2,1-3H3,(H,28,34). The minimum Gasteiger partial charge on any atom is -0.321 e. The van der Waals surface area contributed by atoms with Crippen LogP contribution < -0.4 is 5.56 Å². The van der Waals surface area contributed by atoms with Gasteiger partial charge in [-0.15, -0.1) is 5.10 Å². The van der Waals surface area contributed by atoms with Gasteiger partial charge >= 0.3 is 0 Å². The summed E-state index contributed by atoms with van der Waals surface area (Å²) in [5.41, 5.74) is 4.92. The van der Waals surface area contributed by atoms with Gasteiger partial charge < -0.3 is 4.98 Å². The van der Waals surface area contributed by atoms with Gasteiger partial charge in [-0.25, -0.2) is 4.68 Å². The lowest BCUT2D eigenvalue weighted by molar-refractivity contribution is 0.210. The third kappa shape index (κ3) is 4.28. The second-order valence-electron chi connectivity index (χ2n) is 9.47. The summed E-state index contributed by atoms with van der Waals surface area (Å²) in [5, 5.41) is 14.0. The highest BCUT2D eigenvalue weighted by molar-refractivity contribution is 5.83. The molecule has 1 fully saturated rings. The van der Waals surface area contributed by atoms with Crippen LogP contribution in [0.4, 0.5) is 0 Å². The second-order valence-corrected chi connectivity index (χ2v) is 9.47. The first-order chi connectivity index (χ1) is 16.5. The van der Waals surface area contributed by atoms with Crippen molar-refractivity contribution in [3.63, 3.8) is 0 Å². The number of tetrazole rings is 1. The molecule has 2 heterocycles. The Hall–Kier alpha value is -3.32. The van der Waals surface area contributed by atoms with Crippen molar-refractivity contribution >= 4 is 10.9 Å². The monoisotopic (exact) mass is 456 g/mol. The molecule has 0 aliphatic heterocycles. The molecule has 1 saturated carbocycles. The summed E-state index contributed by atoms with van der Waals surface area (Å²) in [5.74, 6) is 0.749. The molecule has 1 N–H and O–H groups in total. The van der Waals surface area contributed by atoms with E-state index < -0.39 is 0 Å². The Morgan fingerprint density at radius 3 is 2.62 bits per heavy atom. The highest BCUT2D eigenvalue weighted by Gasteiger charge is 2.32. The van der Waals surface area contributed by atoms with E-state index in [-0.39, 0.29) is 17.6 Å². The number of pyridine rings is 1. The molecule has 0 saturated heterocycles. The van der Waals surface area contributed by atoms with Crippen molar-refractivity contribution < 1.29 is 0 Å². The van der Waals surface area contributed by atoms with Gasteiger partial charge in [-0.3, -0.25) is 9.69 Å². The molecule has 1 atom stereocenters. The average Bonchev–Trinajstić information content (AvgIpc) is 3.52. The zero-order valence-corrected chi connectivity index (χ0v) is 20.2. The smallest absolute Gasteiger partial charge is 0.253 e. The quantitative estimate of drug-likeness (QED) is 0.430. The second kappa shape index (κ2) is 9.50. The van der Waals surface area contributed by atoms with Crippen molar-refractivity contribution in [1.82, 2.24) is 30.1 Å². The van der Waals surface area contributed by atoms with E-state index in [9.17, 15) is 4.79 Å². The van der Waals surface area contributed by atoms with E-state index >= 15 is 0 Å². The number of fused-ring (bicyclic) bond motifs is 1. The van der Waals surface area contributed by atoms with Crippen LogP contribution in [0, 0.1) is 13.8 Å². The first-order valence-electron chi connectivity index (χ1n) is 12.2. The van der Waals surface area contributed by atoms with Crippen LogP contribution in [0.15, 0.2) is 53.3 Å². The number of hydrogen-bond acceptors (Lipinski definition) is 5. The van der Waals surface area contributed by atoms with E-state index in [0.29, 0.717) is 12.1 Å². The highest BCUT2D eigenvalue weighted by atomic mass is 16.1. The first kappa shape index (κ1) is 22.5. The van der Waals surface area contributed by atoms with Crippen molar-refractivity contribution in [1.29, 1.82) is 0 Å². The summed E-state index contributed by atoms with van der Waals surface area (Å²) in [4.78, 5) is 19.0. The minimum absolute atomic E-state index is 0.0862. The average molecular weight is 457 g/mol. The maximum absolute atomic E-state index is 13.6. The molecule has 0 bridgehead atoms. The molecule has 2 aromatic carbocycles. The van der Waals surface area contributed by atoms with Crippen LogP contribution in [-0.2, 0) is 6.54 Å². The van der Waals surface area contributed by atoms with Gasteiger partial charge in [0, 0.05) is 12.1 Å². The Bertz CT molecular complexity index is 1340. The van der Waals surface area contributed by atoms with Crippen LogP contribution in [0.25, 0.3) is 10.9 Å². The molecule has 1 aliphatic rings. The van der Waals surface area contributed by atoms with Crippen molar-refractivity contribution in [3.05, 3.63) is 87.0 Å². The van der Waals surface area contributed by atoms with Gasteiger partial charge in [0.15, 0.2) is 5.82 Å². The van der Waals surface area contributed by atoms with E-state index in [1.807, 2.05) is 23.7 Å². The van der Waals surface area contributed by atoms with Crippen LogP contribution in [0.3, 0.4) is 0 Å². The first-order valence-corrected chi connectivity index (χ1v) is 12.2. The molecule has 7 heteroatoms. The van der Waals surface area contributed by atoms with Gasteiger partial charge in [0.25, 0.3) is 5.56 Å². The van der Waals surface area contributed by atoms with E-state index in [1.165, 1.54) is 24.0 Å². The summed E-state index contributed by atoms with van der Waals surface area (Å²) >= 11 is 0. The lowest BCUT2D eigenvalue weighted by atomic mass is 10.00. The van der Waals surface area contributed by atoms with Gasteiger partial charge in [0.1, 0.15) is 6.04 Å². The molecular weight excluding hydrogens is 424 g/mol. The molecule has 7 nitrogen and oxygen atoms in total. The molecule has 176 valence electrons. The maximum Gasteiger partial charge on any atom is 0.253 e. The Morgan fingerprint density at radius 2 is 1.88 bits per heavy atom. The van der Waals surface area contributed by atoms with Gasteiger partial charge in [-0.1, -0.05) is 61.7 Å². The SMILES string of the molecule is CCN(Cc1ccccc1)C(c1cc2cc(C)cc(C)c2[nH]c1=O)c1nnnn1C1CCCC1. The molecule has 0 amide bonds. The van der Waals surface area contributed by atoms with E-state index in [1.54, 1.807) is 0 Å². The van der Waals surface area contributed by atoms with E-state index in [4.69, 9.17) is 0 Å². The Balaban J connectivity index is 1.68. The topological polar surface area (TPSA) is 79.7 Å². The van der Waals surface area contributed by atoms with E-state index in [0.717, 1.165) is 41.7 Å². The fourth-order valence-corrected chi connectivity index (χ4v) is 5.40. The number of H-pyrrole nitrogens is 1. The lowest BCUT2D eigenvalue weighted by Gasteiger charge is -2.30. The zero-order valence-electron chi connectivity index (χ0n) is 20.2. The van der Waals surface area contributed by atoms with Crippen LogP contribution in [0.5, 0.6) is 0 Å². The molecule has 0 radical (unpaired) electrons. The zero-order chi connectivity index (χ0) is 23.7. The predicted molar refractivity (Wildman–Crippen MR) is 134 cm³/mol. The predicted octanol–water partition coefficient (Wildman–Crippen LogP) is 4.86. The van der Waals surface area contributed by atoms with Crippen molar-refractivity contribution in [2.24, 2.45) is 0 Å². The number of rotatable bonds is 7. The molecule has 2 aromatic heterocycles. The minimum atomic E-state index is -0.352. The normalized spacial score (nSPS) is 15.4. The molecule has 4 aromatic rings. The van der Waals surface area contributed by atoms with Gasteiger partial charge in [0.05, 0.1) is 11.6 Å². The number of aromatic nitrogens is 5. The number of nitrogens with one attached hydrogen (secondary N) is 1. The molecule has 34 heavy (non-hydrogen) atoms. The molecular formula is C27H32N6O. The Labute approximate surface area is 199 Å². The van der Waals surface area contributed by atoms with Crippen LogP contribution in [0.1, 0.15) is 72.8 Å². The van der Waals surface area contributed by atoms with Crippen molar-refractivity contribution in [3.8, 4) is 0 Å². The number of benzene rings is 2. The summed E-state index contributed by atoms with van der Waals surface area (Å²) in [7, 11) is 0. The Kier molecular flexibility index (Phi) is 6.28. The van der Waals surface area contributed by atoms with Crippen molar-refractivity contribution in [2.45, 2.75) is 65.1 Å². The summed E-state index contributed by atoms with van der Waals surface area (Å²) in [6.07, 6.45) is 4.51. The number of nitrogens with zero attached hydrogens (tertiary/aromatic N) is 5. The third-order valence-electron chi connectivity index (χ3n) is 7.05. The van der Waals surface area contributed by atoms with E-state index in [2.05, 4.69) is 75.7 Å². The number of aromatic amines is 1. The van der Waals surface area contributed by atoms with Crippen LogP contribution in [0.2, 0.25) is 0 Å². The van der Waals surface area contributed by atoms with Crippen LogP contribution >= 0.6 is 0 Å².